The summed E-state index contributed by atoms with van der Waals surface area (Å²) in [5.41, 5.74) is -2.05. The standard InChI is InChI=1S/C21H28O7/c1-19(2,3)27-16(23)13-14(17(24)28-20(4,5)6)21(7)10-8-9-11(22)12(10)15(13)26-18(21)25/h13-15H,8-9H2,1-7H3/t13-,14+,15?,21?/m1/s1. The lowest BCUT2D eigenvalue weighted by molar-refractivity contribution is -0.206. The molecule has 2 aliphatic heterocycles. The van der Waals surface area contributed by atoms with Crippen molar-refractivity contribution in [1.29, 1.82) is 0 Å². The minimum Gasteiger partial charge on any atom is -0.460 e. The molecule has 7 nitrogen and oxygen atoms in total. The van der Waals surface area contributed by atoms with Gasteiger partial charge in [-0.3, -0.25) is 19.2 Å². The molecule has 2 bridgehead atoms. The summed E-state index contributed by atoms with van der Waals surface area (Å²) in [6.07, 6.45) is -0.474. The minimum atomic E-state index is -1.42. The Bertz CT molecular complexity index is 793. The maximum atomic E-state index is 13.2. The first kappa shape index (κ1) is 20.6. The molecule has 2 aliphatic carbocycles. The van der Waals surface area contributed by atoms with E-state index in [1.807, 2.05) is 0 Å². The predicted octanol–water partition coefficient (Wildman–Crippen LogP) is 2.51. The Hall–Kier alpha value is -2.18. The van der Waals surface area contributed by atoms with Gasteiger partial charge >= 0.3 is 17.9 Å². The van der Waals surface area contributed by atoms with Gasteiger partial charge in [0.25, 0.3) is 0 Å². The highest BCUT2D eigenvalue weighted by Crippen LogP contribution is 2.58. The molecular formula is C21H28O7. The molecule has 0 spiro atoms. The summed E-state index contributed by atoms with van der Waals surface area (Å²) >= 11 is 0. The van der Waals surface area contributed by atoms with Gasteiger partial charge in [-0.05, 0) is 60.5 Å². The van der Waals surface area contributed by atoms with E-state index in [0.29, 0.717) is 17.6 Å². The van der Waals surface area contributed by atoms with E-state index in [-0.39, 0.29) is 12.2 Å². The Labute approximate surface area is 164 Å². The van der Waals surface area contributed by atoms with Crippen LogP contribution in [-0.4, -0.2) is 41.0 Å². The van der Waals surface area contributed by atoms with Gasteiger partial charge in [0.1, 0.15) is 28.6 Å². The molecule has 1 saturated heterocycles. The molecule has 1 fully saturated rings. The molecule has 28 heavy (non-hydrogen) atoms. The summed E-state index contributed by atoms with van der Waals surface area (Å²) in [6, 6.07) is 0. The summed E-state index contributed by atoms with van der Waals surface area (Å²) in [5, 5.41) is 0. The first-order valence-electron chi connectivity index (χ1n) is 9.60. The first-order valence-corrected chi connectivity index (χ1v) is 9.60. The number of carbonyl (C=O) groups excluding carboxylic acids is 4. The molecule has 0 aromatic rings. The molecule has 154 valence electrons. The molecule has 7 heteroatoms. The molecule has 4 atom stereocenters. The normalized spacial score (nSPS) is 32.2. The Morgan fingerprint density at radius 2 is 1.50 bits per heavy atom. The van der Waals surface area contributed by atoms with Gasteiger partial charge in [-0.25, -0.2) is 0 Å². The maximum Gasteiger partial charge on any atom is 0.317 e. The van der Waals surface area contributed by atoms with Crippen molar-refractivity contribution in [3.8, 4) is 0 Å². The molecule has 0 radical (unpaired) electrons. The highest BCUT2D eigenvalue weighted by atomic mass is 16.6. The van der Waals surface area contributed by atoms with Gasteiger partial charge in [-0.15, -0.1) is 0 Å². The summed E-state index contributed by atoms with van der Waals surface area (Å²) < 4.78 is 16.6. The Morgan fingerprint density at radius 3 is 2.04 bits per heavy atom. The molecular weight excluding hydrogens is 364 g/mol. The lowest BCUT2D eigenvalue weighted by Crippen LogP contribution is -2.63. The van der Waals surface area contributed by atoms with Crippen LogP contribution in [0.5, 0.6) is 0 Å². The van der Waals surface area contributed by atoms with E-state index < -0.39 is 52.5 Å². The van der Waals surface area contributed by atoms with Crippen LogP contribution in [0.4, 0.5) is 0 Å². The second-order valence-corrected chi connectivity index (χ2v) is 9.91. The third-order valence-electron chi connectivity index (χ3n) is 5.44. The van der Waals surface area contributed by atoms with Crippen molar-refractivity contribution >= 4 is 23.7 Å². The van der Waals surface area contributed by atoms with Gasteiger partial charge in [0.05, 0.1) is 5.92 Å². The lowest BCUT2D eigenvalue weighted by atomic mass is 9.57. The number of hydrogen-bond donors (Lipinski definition) is 0. The van der Waals surface area contributed by atoms with Crippen molar-refractivity contribution in [3.05, 3.63) is 11.1 Å². The van der Waals surface area contributed by atoms with Crippen LogP contribution < -0.4 is 0 Å². The van der Waals surface area contributed by atoms with Crippen LogP contribution in [0.15, 0.2) is 11.1 Å². The molecule has 4 aliphatic rings. The number of hydrogen-bond acceptors (Lipinski definition) is 7. The number of carbonyl (C=O) groups is 4. The molecule has 0 N–H and O–H groups in total. The molecule has 2 unspecified atom stereocenters. The number of ether oxygens (including phenoxy) is 3. The smallest absolute Gasteiger partial charge is 0.317 e. The van der Waals surface area contributed by atoms with Gasteiger partial charge in [0.2, 0.25) is 0 Å². The second kappa shape index (κ2) is 6.16. The van der Waals surface area contributed by atoms with Crippen molar-refractivity contribution in [2.45, 2.75) is 78.6 Å². The zero-order chi connectivity index (χ0) is 21.2. The Morgan fingerprint density at radius 1 is 0.964 bits per heavy atom. The van der Waals surface area contributed by atoms with Gasteiger partial charge in [0.15, 0.2) is 5.78 Å². The molecule has 0 saturated carbocycles. The van der Waals surface area contributed by atoms with Crippen LogP contribution in [-0.2, 0) is 33.4 Å². The van der Waals surface area contributed by atoms with E-state index in [0.717, 1.165) is 0 Å². The third-order valence-corrected chi connectivity index (χ3v) is 5.44. The van der Waals surface area contributed by atoms with Crippen LogP contribution in [0.3, 0.4) is 0 Å². The molecule has 0 amide bonds. The van der Waals surface area contributed by atoms with Crippen molar-refractivity contribution in [3.63, 3.8) is 0 Å². The third kappa shape index (κ3) is 3.14. The van der Waals surface area contributed by atoms with Crippen molar-refractivity contribution in [2.24, 2.45) is 17.3 Å². The van der Waals surface area contributed by atoms with Crippen LogP contribution >= 0.6 is 0 Å². The van der Waals surface area contributed by atoms with Crippen LogP contribution in [0, 0.1) is 17.3 Å². The van der Waals surface area contributed by atoms with Gasteiger partial charge in [-0.1, -0.05) is 0 Å². The Balaban J connectivity index is 2.14. The molecule has 0 aromatic heterocycles. The largest absolute Gasteiger partial charge is 0.460 e. The van der Waals surface area contributed by atoms with E-state index in [2.05, 4.69) is 0 Å². The van der Waals surface area contributed by atoms with Gasteiger partial charge in [0, 0.05) is 12.0 Å². The molecule has 2 heterocycles. The summed E-state index contributed by atoms with van der Waals surface area (Å²) in [7, 11) is 0. The maximum absolute atomic E-state index is 13.2. The van der Waals surface area contributed by atoms with Gasteiger partial charge in [-0.2, -0.15) is 0 Å². The fourth-order valence-corrected chi connectivity index (χ4v) is 4.44. The van der Waals surface area contributed by atoms with Gasteiger partial charge < -0.3 is 14.2 Å². The highest BCUT2D eigenvalue weighted by molar-refractivity contribution is 6.07. The highest BCUT2D eigenvalue weighted by Gasteiger charge is 2.69. The second-order valence-electron chi connectivity index (χ2n) is 9.91. The lowest BCUT2D eigenvalue weighted by Gasteiger charge is -2.51. The summed E-state index contributed by atoms with van der Waals surface area (Å²) in [6.45, 7) is 11.9. The first-order chi connectivity index (χ1) is 12.7. The van der Waals surface area contributed by atoms with Crippen LogP contribution in [0.1, 0.15) is 61.3 Å². The zero-order valence-corrected chi connectivity index (χ0v) is 17.5. The number of ketones is 1. The van der Waals surface area contributed by atoms with Crippen molar-refractivity contribution < 1.29 is 33.4 Å². The number of esters is 3. The van der Waals surface area contributed by atoms with E-state index in [4.69, 9.17) is 14.2 Å². The molecule has 4 rings (SSSR count). The van der Waals surface area contributed by atoms with Crippen LogP contribution in [0.25, 0.3) is 0 Å². The molecule has 0 aromatic carbocycles. The number of fused-ring (bicyclic) bond motifs is 2. The SMILES string of the molecule is CC(C)(C)OC(=O)[C@@H]1[C@@H](C(=O)OC(C)(C)C)C2OC(=O)C1(C)C1=C2C(=O)CC1. The summed E-state index contributed by atoms with van der Waals surface area (Å²) in [4.78, 5) is 51.6. The predicted molar refractivity (Wildman–Crippen MR) is 97.9 cm³/mol. The minimum absolute atomic E-state index is 0.144. The van der Waals surface area contributed by atoms with Crippen LogP contribution in [0.2, 0.25) is 0 Å². The van der Waals surface area contributed by atoms with Crippen molar-refractivity contribution in [2.75, 3.05) is 0 Å². The monoisotopic (exact) mass is 392 g/mol. The number of rotatable bonds is 2. The van der Waals surface area contributed by atoms with E-state index in [1.54, 1.807) is 48.5 Å². The average Bonchev–Trinajstić information content (AvgIpc) is 2.88. The Kier molecular flexibility index (Phi) is 4.52. The zero-order valence-electron chi connectivity index (χ0n) is 17.5. The van der Waals surface area contributed by atoms with E-state index in [9.17, 15) is 19.2 Å². The average molecular weight is 392 g/mol. The summed E-state index contributed by atoms with van der Waals surface area (Å²) in [5.74, 6) is -4.27. The fourth-order valence-electron chi connectivity index (χ4n) is 4.44. The fraction of sp³-hybridized carbons (Fsp3) is 0.714. The quantitative estimate of drug-likeness (QED) is 0.526. The number of Topliss-reactive ketones (excluding diaryl/α,β-unsaturated/α-hetero) is 1. The van der Waals surface area contributed by atoms with E-state index >= 15 is 0 Å². The van der Waals surface area contributed by atoms with E-state index in [1.165, 1.54) is 0 Å². The topological polar surface area (TPSA) is 96.0 Å². The van der Waals surface area contributed by atoms with Crippen molar-refractivity contribution in [1.82, 2.24) is 0 Å².